The summed E-state index contributed by atoms with van der Waals surface area (Å²) in [5.41, 5.74) is 7.05. The summed E-state index contributed by atoms with van der Waals surface area (Å²) in [7, 11) is 0. The molecule has 0 radical (unpaired) electrons. The molecule has 0 aromatic heterocycles. The van der Waals surface area contributed by atoms with Crippen LogP contribution in [-0.4, -0.2) is 11.2 Å². The van der Waals surface area contributed by atoms with Crippen molar-refractivity contribution in [1.29, 1.82) is 0 Å². The van der Waals surface area contributed by atoms with Gasteiger partial charge in [0.05, 0.1) is 19.9 Å². The lowest BCUT2D eigenvalue weighted by molar-refractivity contribution is -0.387. The van der Waals surface area contributed by atoms with Crippen LogP contribution in [0.3, 0.4) is 0 Å². The summed E-state index contributed by atoms with van der Waals surface area (Å²) in [6.45, 7) is 0. The third-order valence-corrected chi connectivity index (χ3v) is 8.67. The molecule has 9 heteroatoms. The van der Waals surface area contributed by atoms with Crippen molar-refractivity contribution in [2.24, 2.45) is 0 Å². The largest absolute Gasteiger partial charge is 0.399 e. The zero-order chi connectivity index (χ0) is 27.8. The Morgan fingerprint density at radius 3 is 2.21 bits per heavy atom. The van der Waals surface area contributed by atoms with E-state index in [1.165, 1.54) is 17.8 Å². The molecule has 196 valence electrons. The summed E-state index contributed by atoms with van der Waals surface area (Å²) in [5.74, 6) is 0. The van der Waals surface area contributed by atoms with Crippen molar-refractivity contribution < 1.29 is 9.72 Å². The molecule has 0 aliphatic carbocycles. The molecule has 0 spiro atoms. The molecule has 5 aromatic carbocycles. The van der Waals surface area contributed by atoms with Gasteiger partial charge in [0.25, 0.3) is 5.69 Å². The lowest BCUT2D eigenvalue weighted by Gasteiger charge is -2.09. The van der Waals surface area contributed by atoms with Crippen molar-refractivity contribution >= 4 is 75.2 Å². The highest BCUT2D eigenvalue weighted by atomic mass is 35.5. The Hall–Kier alpha value is -3.49. The summed E-state index contributed by atoms with van der Waals surface area (Å²) >= 11 is 15.6. The number of aldehydes is 1. The number of hydrogen-bond donors (Lipinski definition) is 1. The molecule has 0 unspecified atom stereocenters. The fraction of sp³-hybridized carbons (Fsp3) is 0.0333. The molecule has 0 saturated carbocycles. The SMILES string of the molecule is Nc1ccc(Sc2ccc3ccccc3c2Cl)c(Cl)c1.O=CCc1ccc(Sc2ccccc2)c([N+](=O)[O-])c1. The minimum atomic E-state index is -0.417. The van der Waals surface area contributed by atoms with Crippen LogP contribution in [-0.2, 0) is 11.2 Å². The second-order valence-electron chi connectivity index (χ2n) is 8.24. The van der Waals surface area contributed by atoms with Gasteiger partial charge in [-0.15, -0.1) is 0 Å². The first-order valence-electron chi connectivity index (χ1n) is 11.7. The molecular formula is C30H22Cl2N2O3S2. The second kappa shape index (κ2) is 13.5. The van der Waals surface area contributed by atoms with Gasteiger partial charge >= 0.3 is 0 Å². The third kappa shape index (κ3) is 7.55. The Balaban J connectivity index is 0.000000181. The van der Waals surface area contributed by atoms with E-state index in [1.54, 1.807) is 30.0 Å². The molecule has 2 N–H and O–H groups in total. The smallest absolute Gasteiger partial charge is 0.283 e. The summed E-state index contributed by atoms with van der Waals surface area (Å²) in [6.07, 6.45) is 0.931. The predicted molar refractivity (Wildman–Crippen MR) is 162 cm³/mol. The molecule has 0 saturated heterocycles. The number of carbonyl (C=O) groups is 1. The summed E-state index contributed by atoms with van der Waals surface area (Å²) < 4.78 is 0. The molecular weight excluding hydrogens is 571 g/mol. The standard InChI is InChI=1S/C16H11Cl2NS.C14H11NO3S/c17-13-9-11(19)6-8-14(13)20-15-7-5-10-3-1-2-4-12(10)16(15)18;16-9-8-11-6-7-14(13(10-11)15(17)18)19-12-4-2-1-3-5-12/h1-9H,19H2;1-7,9-10H,8H2. The van der Waals surface area contributed by atoms with Gasteiger partial charge in [-0.25, -0.2) is 0 Å². The number of nitrogens with two attached hydrogens (primary N) is 1. The number of nitrogen functional groups attached to an aromatic ring is 1. The lowest BCUT2D eigenvalue weighted by atomic mass is 10.1. The third-order valence-electron chi connectivity index (χ3n) is 5.51. The van der Waals surface area contributed by atoms with Crippen LogP contribution in [0.1, 0.15) is 5.56 Å². The molecule has 0 bridgehead atoms. The van der Waals surface area contributed by atoms with Crippen LogP contribution in [0.2, 0.25) is 10.0 Å². The molecule has 5 nitrogen and oxygen atoms in total. The van der Waals surface area contributed by atoms with Gasteiger partial charge in [0, 0.05) is 38.2 Å². The first kappa shape index (κ1) is 28.5. The van der Waals surface area contributed by atoms with Crippen LogP contribution >= 0.6 is 46.7 Å². The number of fused-ring (bicyclic) bond motifs is 1. The van der Waals surface area contributed by atoms with Gasteiger partial charge in [-0.05, 0) is 53.4 Å². The Bertz CT molecular complexity index is 1630. The van der Waals surface area contributed by atoms with Gasteiger partial charge in [0.2, 0.25) is 0 Å². The molecule has 5 rings (SSSR count). The Morgan fingerprint density at radius 1 is 0.795 bits per heavy atom. The van der Waals surface area contributed by atoms with E-state index in [-0.39, 0.29) is 12.1 Å². The first-order chi connectivity index (χ1) is 18.9. The maximum atomic E-state index is 11.1. The number of carbonyl (C=O) groups excluding carboxylic acids is 1. The summed E-state index contributed by atoms with van der Waals surface area (Å²) in [4.78, 5) is 24.6. The molecule has 5 aromatic rings. The van der Waals surface area contributed by atoms with Crippen molar-refractivity contribution in [3.05, 3.63) is 129 Å². The number of nitro benzene ring substituents is 1. The van der Waals surface area contributed by atoms with Crippen LogP contribution in [0.25, 0.3) is 10.8 Å². The van der Waals surface area contributed by atoms with Gasteiger partial charge < -0.3 is 10.5 Å². The van der Waals surface area contributed by atoms with Gasteiger partial charge in [-0.3, -0.25) is 10.1 Å². The molecule has 0 aliphatic rings. The van der Waals surface area contributed by atoms with E-state index in [9.17, 15) is 14.9 Å². The van der Waals surface area contributed by atoms with Crippen LogP contribution < -0.4 is 5.73 Å². The number of hydrogen-bond acceptors (Lipinski definition) is 6. The maximum Gasteiger partial charge on any atom is 0.283 e. The van der Waals surface area contributed by atoms with Gasteiger partial charge in [0.1, 0.15) is 6.29 Å². The zero-order valence-corrected chi connectivity index (χ0v) is 23.6. The van der Waals surface area contributed by atoms with E-state index in [0.29, 0.717) is 21.2 Å². The highest BCUT2D eigenvalue weighted by molar-refractivity contribution is 7.99. The van der Waals surface area contributed by atoms with Gasteiger partial charge in [0.15, 0.2) is 0 Å². The number of benzene rings is 5. The fourth-order valence-electron chi connectivity index (χ4n) is 3.64. The molecule has 0 aliphatic heterocycles. The van der Waals surface area contributed by atoms with E-state index in [1.807, 2.05) is 72.8 Å². The number of halogens is 2. The monoisotopic (exact) mass is 592 g/mol. The topological polar surface area (TPSA) is 86.2 Å². The summed E-state index contributed by atoms with van der Waals surface area (Å²) in [6, 6.07) is 32.0. The van der Waals surface area contributed by atoms with Crippen molar-refractivity contribution in [1.82, 2.24) is 0 Å². The predicted octanol–water partition coefficient (Wildman–Crippen LogP) is 9.37. The average Bonchev–Trinajstić information content (AvgIpc) is 2.93. The van der Waals surface area contributed by atoms with Gasteiger partial charge in [-0.1, -0.05) is 101 Å². The van der Waals surface area contributed by atoms with E-state index in [4.69, 9.17) is 28.9 Å². The normalized spacial score (nSPS) is 10.5. The first-order valence-corrected chi connectivity index (χ1v) is 14.1. The molecule has 39 heavy (non-hydrogen) atoms. The van der Waals surface area contributed by atoms with E-state index in [2.05, 4.69) is 6.07 Å². The minimum absolute atomic E-state index is 0.0354. The number of nitrogens with zero attached hydrogens (tertiary/aromatic N) is 1. The van der Waals surface area contributed by atoms with E-state index in [0.717, 1.165) is 36.8 Å². The second-order valence-corrected chi connectivity index (χ2v) is 11.2. The van der Waals surface area contributed by atoms with Crippen LogP contribution in [0, 0.1) is 10.1 Å². The zero-order valence-electron chi connectivity index (χ0n) is 20.4. The Labute approximate surface area is 244 Å². The van der Waals surface area contributed by atoms with Crippen LogP contribution in [0.5, 0.6) is 0 Å². The van der Waals surface area contributed by atoms with Crippen molar-refractivity contribution in [2.45, 2.75) is 26.0 Å². The van der Waals surface area contributed by atoms with Crippen LogP contribution in [0.15, 0.2) is 123 Å². The van der Waals surface area contributed by atoms with Crippen molar-refractivity contribution in [3.63, 3.8) is 0 Å². The highest BCUT2D eigenvalue weighted by Gasteiger charge is 2.15. The number of nitro groups is 1. The molecule has 0 amide bonds. The summed E-state index contributed by atoms with van der Waals surface area (Å²) in [5, 5.41) is 14.6. The highest BCUT2D eigenvalue weighted by Crippen LogP contribution is 2.40. The van der Waals surface area contributed by atoms with Crippen LogP contribution in [0.4, 0.5) is 11.4 Å². The Morgan fingerprint density at radius 2 is 1.49 bits per heavy atom. The molecule has 0 atom stereocenters. The molecule has 0 fully saturated rings. The van der Waals surface area contributed by atoms with E-state index < -0.39 is 4.92 Å². The van der Waals surface area contributed by atoms with Gasteiger partial charge in [-0.2, -0.15) is 0 Å². The lowest BCUT2D eigenvalue weighted by Crippen LogP contribution is -1.94. The quantitative estimate of drug-likeness (QED) is 0.0876. The maximum absolute atomic E-state index is 11.1. The number of rotatable bonds is 7. The molecule has 0 heterocycles. The van der Waals surface area contributed by atoms with E-state index >= 15 is 0 Å². The van der Waals surface area contributed by atoms with Crippen molar-refractivity contribution in [2.75, 3.05) is 5.73 Å². The van der Waals surface area contributed by atoms with Crippen molar-refractivity contribution in [3.8, 4) is 0 Å². The minimum Gasteiger partial charge on any atom is -0.399 e. The average molecular weight is 594 g/mol. The fourth-order valence-corrected chi connectivity index (χ4v) is 6.08. The Kier molecular flexibility index (Phi) is 9.90. The number of anilines is 1.